The highest BCUT2D eigenvalue weighted by Gasteiger charge is 2.08. The first-order chi connectivity index (χ1) is 7.54. The van der Waals surface area contributed by atoms with Crippen LogP contribution in [0, 0.1) is 0 Å². The Labute approximate surface area is 103 Å². The molecule has 0 aliphatic heterocycles. The van der Waals surface area contributed by atoms with Crippen LogP contribution in [0.4, 0.5) is 0 Å². The SMILES string of the molecule is CC/C(C)=C(\SC(C)C)c1ccc(O)cc1. The fourth-order valence-corrected chi connectivity index (χ4v) is 2.51. The summed E-state index contributed by atoms with van der Waals surface area (Å²) in [5.74, 6) is 0.326. The van der Waals surface area contributed by atoms with Gasteiger partial charge in [0.1, 0.15) is 5.75 Å². The van der Waals surface area contributed by atoms with Crippen molar-refractivity contribution in [3.8, 4) is 5.75 Å². The van der Waals surface area contributed by atoms with E-state index < -0.39 is 0 Å². The zero-order chi connectivity index (χ0) is 12.1. The van der Waals surface area contributed by atoms with Crippen molar-refractivity contribution in [2.24, 2.45) is 0 Å². The average Bonchev–Trinajstić information content (AvgIpc) is 2.26. The van der Waals surface area contributed by atoms with Crippen LogP contribution in [0.2, 0.25) is 0 Å². The third-order valence-corrected chi connectivity index (χ3v) is 3.69. The molecular formula is C14H20OS. The Bertz CT molecular complexity index is 363. The minimum Gasteiger partial charge on any atom is -0.508 e. The molecule has 1 nitrogen and oxygen atoms in total. The Morgan fingerprint density at radius 1 is 1.25 bits per heavy atom. The van der Waals surface area contributed by atoms with Gasteiger partial charge in [-0.1, -0.05) is 38.5 Å². The number of allylic oxidation sites excluding steroid dienone is 1. The molecule has 0 heterocycles. The van der Waals surface area contributed by atoms with Gasteiger partial charge in [-0.3, -0.25) is 0 Å². The largest absolute Gasteiger partial charge is 0.508 e. The van der Waals surface area contributed by atoms with Gasteiger partial charge in [-0.2, -0.15) is 0 Å². The monoisotopic (exact) mass is 236 g/mol. The quantitative estimate of drug-likeness (QED) is 0.819. The van der Waals surface area contributed by atoms with Crippen LogP contribution in [0.5, 0.6) is 5.75 Å². The van der Waals surface area contributed by atoms with Gasteiger partial charge in [-0.25, -0.2) is 0 Å². The number of hydrogen-bond donors (Lipinski definition) is 1. The molecule has 0 aromatic heterocycles. The summed E-state index contributed by atoms with van der Waals surface area (Å²) in [7, 11) is 0. The molecule has 88 valence electrons. The lowest BCUT2D eigenvalue weighted by atomic mass is 10.1. The molecule has 0 spiro atoms. The summed E-state index contributed by atoms with van der Waals surface area (Å²) in [5.41, 5.74) is 2.61. The maximum Gasteiger partial charge on any atom is 0.115 e. The van der Waals surface area contributed by atoms with Crippen molar-refractivity contribution in [1.82, 2.24) is 0 Å². The zero-order valence-corrected chi connectivity index (χ0v) is 11.3. The van der Waals surface area contributed by atoms with Crippen molar-refractivity contribution in [3.05, 3.63) is 35.4 Å². The van der Waals surface area contributed by atoms with Crippen LogP contribution in [0.1, 0.15) is 39.7 Å². The van der Waals surface area contributed by atoms with Gasteiger partial charge in [0.05, 0.1) is 0 Å². The van der Waals surface area contributed by atoms with E-state index in [4.69, 9.17) is 0 Å². The second-order valence-electron chi connectivity index (χ2n) is 4.18. The smallest absolute Gasteiger partial charge is 0.115 e. The van der Waals surface area contributed by atoms with Crippen LogP contribution in [0.3, 0.4) is 0 Å². The number of phenolic OH excluding ortho intramolecular Hbond substituents is 1. The van der Waals surface area contributed by atoms with Crippen LogP contribution in [0.25, 0.3) is 4.91 Å². The molecule has 0 saturated carbocycles. The fourth-order valence-electron chi connectivity index (χ4n) is 1.42. The van der Waals surface area contributed by atoms with Gasteiger partial charge in [0, 0.05) is 10.2 Å². The molecule has 0 amide bonds. The van der Waals surface area contributed by atoms with Crippen LogP contribution in [0.15, 0.2) is 29.8 Å². The first kappa shape index (κ1) is 13.2. The summed E-state index contributed by atoms with van der Waals surface area (Å²) >= 11 is 1.89. The van der Waals surface area contributed by atoms with Crippen molar-refractivity contribution in [1.29, 1.82) is 0 Å². The number of phenols is 1. The number of rotatable bonds is 4. The lowest BCUT2D eigenvalue weighted by Crippen LogP contribution is -1.91. The van der Waals surface area contributed by atoms with Gasteiger partial charge in [-0.05, 0) is 31.0 Å². The minimum atomic E-state index is 0.326. The molecule has 2 heteroatoms. The lowest BCUT2D eigenvalue weighted by molar-refractivity contribution is 0.475. The number of benzene rings is 1. The van der Waals surface area contributed by atoms with Gasteiger partial charge in [0.25, 0.3) is 0 Å². The van der Waals surface area contributed by atoms with Crippen molar-refractivity contribution in [2.75, 3.05) is 0 Å². The summed E-state index contributed by atoms with van der Waals surface area (Å²) in [4.78, 5) is 1.34. The van der Waals surface area contributed by atoms with Crippen molar-refractivity contribution in [2.45, 2.75) is 39.4 Å². The molecule has 0 aliphatic carbocycles. The predicted molar refractivity (Wildman–Crippen MR) is 73.7 cm³/mol. The maximum atomic E-state index is 9.29. The van der Waals surface area contributed by atoms with Gasteiger partial charge >= 0.3 is 0 Å². The average molecular weight is 236 g/mol. The highest BCUT2D eigenvalue weighted by atomic mass is 32.2. The van der Waals surface area contributed by atoms with Gasteiger partial charge in [-0.15, -0.1) is 11.8 Å². The first-order valence-electron chi connectivity index (χ1n) is 5.70. The summed E-state index contributed by atoms with van der Waals surface area (Å²) < 4.78 is 0. The standard InChI is InChI=1S/C14H20OS/c1-5-11(4)14(16-10(2)3)12-6-8-13(15)9-7-12/h6-10,15H,5H2,1-4H3/b14-11-. The van der Waals surface area contributed by atoms with E-state index in [1.807, 2.05) is 23.9 Å². The summed E-state index contributed by atoms with van der Waals surface area (Å²) in [6.45, 7) is 8.76. The lowest BCUT2D eigenvalue weighted by Gasteiger charge is -2.13. The molecular weight excluding hydrogens is 216 g/mol. The Kier molecular flexibility index (Phi) is 4.94. The molecule has 1 aromatic carbocycles. The molecule has 0 radical (unpaired) electrons. The molecule has 0 unspecified atom stereocenters. The Morgan fingerprint density at radius 3 is 2.25 bits per heavy atom. The third-order valence-electron chi connectivity index (χ3n) is 2.40. The summed E-state index contributed by atoms with van der Waals surface area (Å²) in [6.07, 6.45) is 1.07. The van der Waals surface area contributed by atoms with E-state index >= 15 is 0 Å². The molecule has 1 aromatic rings. The van der Waals surface area contributed by atoms with E-state index in [2.05, 4.69) is 27.7 Å². The molecule has 0 saturated heterocycles. The van der Waals surface area contributed by atoms with E-state index in [0.29, 0.717) is 11.0 Å². The van der Waals surface area contributed by atoms with Crippen LogP contribution in [-0.2, 0) is 0 Å². The van der Waals surface area contributed by atoms with E-state index in [1.54, 1.807) is 12.1 Å². The summed E-state index contributed by atoms with van der Waals surface area (Å²) in [5, 5.41) is 9.87. The molecule has 1 N–H and O–H groups in total. The zero-order valence-electron chi connectivity index (χ0n) is 10.4. The van der Waals surface area contributed by atoms with Crippen LogP contribution >= 0.6 is 11.8 Å². The van der Waals surface area contributed by atoms with Gasteiger partial charge in [0.2, 0.25) is 0 Å². The predicted octanol–water partition coefficient (Wildman–Crippen LogP) is 4.67. The number of hydrogen-bond acceptors (Lipinski definition) is 2. The molecule has 0 atom stereocenters. The highest BCUT2D eigenvalue weighted by molar-refractivity contribution is 8.08. The number of thioether (sulfide) groups is 1. The Morgan fingerprint density at radius 2 is 1.81 bits per heavy atom. The third kappa shape index (κ3) is 3.60. The minimum absolute atomic E-state index is 0.326. The second kappa shape index (κ2) is 6.00. The topological polar surface area (TPSA) is 20.2 Å². The van der Waals surface area contributed by atoms with Gasteiger partial charge in [0.15, 0.2) is 0 Å². The maximum absolute atomic E-state index is 9.29. The van der Waals surface area contributed by atoms with E-state index in [1.165, 1.54) is 16.0 Å². The second-order valence-corrected chi connectivity index (χ2v) is 5.76. The van der Waals surface area contributed by atoms with Crippen molar-refractivity contribution < 1.29 is 5.11 Å². The molecule has 0 bridgehead atoms. The molecule has 0 fully saturated rings. The van der Waals surface area contributed by atoms with Crippen LogP contribution < -0.4 is 0 Å². The van der Waals surface area contributed by atoms with Crippen molar-refractivity contribution >= 4 is 16.7 Å². The van der Waals surface area contributed by atoms with Crippen molar-refractivity contribution in [3.63, 3.8) is 0 Å². The highest BCUT2D eigenvalue weighted by Crippen LogP contribution is 2.35. The van der Waals surface area contributed by atoms with E-state index in [-0.39, 0.29) is 0 Å². The summed E-state index contributed by atoms with van der Waals surface area (Å²) in [6, 6.07) is 7.47. The van der Waals surface area contributed by atoms with Crippen LogP contribution in [-0.4, -0.2) is 10.4 Å². The first-order valence-corrected chi connectivity index (χ1v) is 6.58. The molecule has 0 aliphatic rings. The number of aromatic hydroxyl groups is 1. The molecule has 1 rings (SSSR count). The van der Waals surface area contributed by atoms with E-state index in [0.717, 1.165) is 6.42 Å². The Hall–Kier alpha value is -0.890. The van der Waals surface area contributed by atoms with Gasteiger partial charge < -0.3 is 5.11 Å². The normalized spacial score (nSPS) is 12.8. The molecule has 16 heavy (non-hydrogen) atoms. The van der Waals surface area contributed by atoms with E-state index in [9.17, 15) is 5.11 Å². The Balaban J connectivity index is 3.06. The fraction of sp³-hybridized carbons (Fsp3) is 0.429.